The van der Waals surface area contributed by atoms with Gasteiger partial charge < -0.3 is 10.3 Å². The maximum atomic E-state index is 11.1. The van der Waals surface area contributed by atoms with Crippen molar-refractivity contribution >= 4 is 16.8 Å². The third-order valence-electron chi connectivity index (χ3n) is 3.04. The summed E-state index contributed by atoms with van der Waals surface area (Å²) in [7, 11) is 0. The van der Waals surface area contributed by atoms with Gasteiger partial charge >= 0.3 is 0 Å². The summed E-state index contributed by atoms with van der Waals surface area (Å²) in [4.78, 5) is 14.3. The highest BCUT2D eigenvalue weighted by molar-refractivity contribution is 5.83. The fourth-order valence-corrected chi connectivity index (χ4v) is 2.15. The number of benzene rings is 1. The zero-order valence-electron chi connectivity index (χ0n) is 10.3. The number of aromatic nitrogens is 1. The molecule has 2 N–H and O–H groups in total. The van der Waals surface area contributed by atoms with Crippen molar-refractivity contribution in [1.82, 2.24) is 10.3 Å². The highest BCUT2D eigenvalue weighted by atomic mass is 16.1. The molecule has 1 aromatic carbocycles. The lowest BCUT2D eigenvalue weighted by Crippen LogP contribution is -2.34. The Morgan fingerprint density at radius 2 is 2.18 bits per heavy atom. The molecule has 1 atom stereocenters. The van der Waals surface area contributed by atoms with Crippen molar-refractivity contribution in [2.45, 2.75) is 32.7 Å². The van der Waals surface area contributed by atoms with Gasteiger partial charge in [-0.05, 0) is 24.5 Å². The number of fused-ring (bicyclic) bond motifs is 1. The Morgan fingerprint density at radius 3 is 2.88 bits per heavy atom. The summed E-state index contributed by atoms with van der Waals surface area (Å²) < 4.78 is 0. The summed E-state index contributed by atoms with van der Waals surface area (Å²) in [5.41, 5.74) is 2.42. The number of hydrogen-bond acceptors (Lipinski definition) is 1. The highest BCUT2D eigenvalue weighted by Gasteiger charge is 2.11. The van der Waals surface area contributed by atoms with Crippen LogP contribution in [-0.2, 0) is 11.2 Å². The molecule has 2 rings (SSSR count). The Kier molecular flexibility index (Phi) is 3.47. The van der Waals surface area contributed by atoms with Crippen molar-refractivity contribution in [3.8, 4) is 0 Å². The summed E-state index contributed by atoms with van der Waals surface area (Å²) in [6, 6.07) is 8.46. The lowest BCUT2D eigenvalue weighted by atomic mass is 10.0. The normalized spacial score (nSPS) is 12.6. The molecule has 17 heavy (non-hydrogen) atoms. The fraction of sp³-hybridized carbons (Fsp3) is 0.357. The molecule has 1 heterocycles. The number of aromatic amines is 1. The molecule has 0 bridgehead atoms. The number of nitrogens with one attached hydrogen (secondary N) is 2. The highest BCUT2D eigenvalue weighted by Crippen LogP contribution is 2.19. The lowest BCUT2D eigenvalue weighted by molar-refractivity contribution is -0.119. The van der Waals surface area contributed by atoms with Gasteiger partial charge in [-0.2, -0.15) is 0 Å². The Morgan fingerprint density at radius 1 is 1.41 bits per heavy atom. The van der Waals surface area contributed by atoms with E-state index in [0.717, 1.165) is 18.4 Å². The first-order valence-electron chi connectivity index (χ1n) is 6.02. The summed E-state index contributed by atoms with van der Waals surface area (Å²) in [6.07, 6.45) is 3.86. The van der Waals surface area contributed by atoms with E-state index in [1.807, 2.05) is 18.3 Å². The molecule has 1 aromatic heterocycles. The average molecular weight is 230 g/mol. The number of para-hydroxylation sites is 1. The molecule has 1 amide bonds. The van der Waals surface area contributed by atoms with Gasteiger partial charge in [-0.1, -0.05) is 25.1 Å². The molecule has 3 heteroatoms. The maximum Gasteiger partial charge on any atom is 0.217 e. The van der Waals surface area contributed by atoms with Crippen LogP contribution in [0, 0.1) is 0 Å². The van der Waals surface area contributed by atoms with Crippen LogP contribution < -0.4 is 5.32 Å². The van der Waals surface area contributed by atoms with Gasteiger partial charge in [0.25, 0.3) is 0 Å². The predicted octanol–water partition coefficient (Wildman–Crippen LogP) is 2.63. The summed E-state index contributed by atoms with van der Waals surface area (Å²) in [6.45, 7) is 3.66. The van der Waals surface area contributed by atoms with Crippen LogP contribution >= 0.6 is 0 Å². The Balaban J connectivity index is 2.19. The van der Waals surface area contributed by atoms with Crippen molar-refractivity contribution in [2.24, 2.45) is 0 Å². The zero-order valence-corrected chi connectivity index (χ0v) is 10.3. The molecule has 1 unspecified atom stereocenters. The summed E-state index contributed by atoms with van der Waals surface area (Å²) in [5, 5.41) is 4.23. The second-order valence-corrected chi connectivity index (χ2v) is 4.37. The molecular weight excluding hydrogens is 212 g/mol. The number of carbonyl (C=O) groups is 1. The van der Waals surface area contributed by atoms with E-state index in [1.54, 1.807) is 6.92 Å². The van der Waals surface area contributed by atoms with Crippen LogP contribution in [0.25, 0.3) is 10.9 Å². The van der Waals surface area contributed by atoms with Gasteiger partial charge in [0.05, 0.1) is 0 Å². The van der Waals surface area contributed by atoms with Gasteiger partial charge in [-0.3, -0.25) is 4.79 Å². The fourth-order valence-electron chi connectivity index (χ4n) is 2.15. The van der Waals surface area contributed by atoms with Gasteiger partial charge in [0.1, 0.15) is 0 Å². The van der Waals surface area contributed by atoms with Crippen LogP contribution in [0.3, 0.4) is 0 Å². The van der Waals surface area contributed by atoms with E-state index in [4.69, 9.17) is 0 Å². The van der Waals surface area contributed by atoms with E-state index in [0.29, 0.717) is 0 Å². The molecule has 0 spiro atoms. The quantitative estimate of drug-likeness (QED) is 0.833. The van der Waals surface area contributed by atoms with E-state index in [1.165, 1.54) is 10.9 Å². The standard InChI is InChI=1S/C14H18N2O/c1-3-12(16-10(2)17)8-11-9-15-14-7-5-4-6-13(11)14/h4-7,9,12,15H,3,8H2,1-2H3,(H,16,17). The largest absolute Gasteiger partial charge is 0.361 e. The number of carbonyl (C=O) groups excluding carboxylic acids is 1. The molecule has 2 aromatic rings. The molecule has 0 radical (unpaired) electrons. The SMILES string of the molecule is CCC(Cc1c[nH]c2ccccc12)NC(C)=O. The molecule has 0 aliphatic rings. The Hall–Kier alpha value is -1.77. The van der Waals surface area contributed by atoms with Crippen molar-refractivity contribution in [3.05, 3.63) is 36.0 Å². The van der Waals surface area contributed by atoms with Crippen molar-refractivity contribution in [2.75, 3.05) is 0 Å². The van der Waals surface area contributed by atoms with Crippen LogP contribution in [0.15, 0.2) is 30.5 Å². The molecule has 0 saturated carbocycles. The van der Waals surface area contributed by atoms with E-state index in [9.17, 15) is 4.79 Å². The van der Waals surface area contributed by atoms with Gasteiger partial charge in [0.2, 0.25) is 5.91 Å². The van der Waals surface area contributed by atoms with E-state index >= 15 is 0 Å². The van der Waals surface area contributed by atoms with Gasteiger partial charge in [-0.25, -0.2) is 0 Å². The Bertz CT molecular complexity index is 516. The topological polar surface area (TPSA) is 44.9 Å². The van der Waals surface area contributed by atoms with Crippen LogP contribution in [0.4, 0.5) is 0 Å². The average Bonchev–Trinajstić information content (AvgIpc) is 2.71. The maximum absolute atomic E-state index is 11.1. The number of hydrogen-bond donors (Lipinski definition) is 2. The monoisotopic (exact) mass is 230 g/mol. The second-order valence-electron chi connectivity index (χ2n) is 4.37. The first-order valence-corrected chi connectivity index (χ1v) is 6.02. The second kappa shape index (κ2) is 5.04. The third-order valence-corrected chi connectivity index (χ3v) is 3.04. The van der Waals surface area contributed by atoms with Crippen molar-refractivity contribution < 1.29 is 4.79 Å². The predicted molar refractivity (Wildman–Crippen MR) is 69.9 cm³/mol. The molecule has 0 aliphatic carbocycles. The molecule has 0 saturated heterocycles. The first-order chi connectivity index (χ1) is 8.20. The molecular formula is C14H18N2O. The van der Waals surface area contributed by atoms with Crippen molar-refractivity contribution in [3.63, 3.8) is 0 Å². The molecule has 0 aliphatic heterocycles. The minimum absolute atomic E-state index is 0.0386. The number of H-pyrrole nitrogens is 1. The minimum Gasteiger partial charge on any atom is -0.361 e. The molecule has 90 valence electrons. The van der Waals surface area contributed by atoms with Crippen LogP contribution in [0.1, 0.15) is 25.8 Å². The van der Waals surface area contributed by atoms with E-state index < -0.39 is 0 Å². The van der Waals surface area contributed by atoms with Crippen molar-refractivity contribution in [1.29, 1.82) is 0 Å². The summed E-state index contributed by atoms with van der Waals surface area (Å²) >= 11 is 0. The summed E-state index contributed by atoms with van der Waals surface area (Å²) in [5.74, 6) is 0.0386. The minimum atomic E-state index is 0.0386. The lowest BCUT2D eigenvalue weighted by Gasteiger charge is -2.15. The number of rotatable bonds is 4. The molecule has 0 fully saturated rings. The zero-order chi connectivity index (χ0) is 12.3. The smallest absolute Gasteiger partial charge is 0.217 e. The van der Waals surface area contributed by atoms with Crippen LogP contribution in [0.2, 0.25) is 0 Å². The number of amides is 1. The third kappa shape index (κ3) is 2.67. The van der Waals surface area contributed by atoms with E-state index in [-0.39, 0.29) is 11.9 Å². The van der Waals surface area contributed by atoms with Gasteiger partial charge in [0, 0.05) is 30.1 Å². The molecule has 3 nitrogen and oxygen atoms in total. The van der Waals surface area contributed by atoms with Crippen LogP contribution in [0.5, 0.6) is 0 Å². The van der Waals surface area contributed by atoms with Crippen LogP contribution in [-0.4, -0.2) is 16.9 Å². The van der Waals surface area contributed by atoms with Gasteiger partial charge in [0.15, 0.2) is 0 Å². The van der Waals surface area contributed by atoms with Gasteiger partial charge in [-0.15, -0.1) is 0 Å². The Labute approximate surface area is 101 Å². The first kappa shape index (κ1) is 11.7. The van der Waals surface area contributed by atoms with E-state index in [2.05, 4.69) is 29.4 Å².